The SMILES string of the molecule is CCC(O[Si](C)(C)C)S(=O)(=O)[O-].[K+]. The average Bonchev–Trinajstić information content (AvgIpc) is 1.78. The molecule has 0 aliphatic heterocycles. The molecule has 4 nitrogen and oxygen atoms in total. The van der Waals surface area contributed by atoms with Gasteiger partial charge in [0.15, 0.2) is 8.32 Å². The summed E-state index contributed by atoms with van der Waals surface area (Å²) in [7, 11) is -6.22. The molecule has 0 aromatic rings. The normalized spacial score (nSPS) is 14.8. The Kier molecular flexibility index (Phi) is 8.35. The molecule has 0 aliphatic rings. The van der Waals surface area contributed by atoms with Crippen molar-refractivity contribution in [3.8, 4) is 0 Å². The Labute approximate surface area is 124 Å². The van der Waals surface area contributed by atoms with E-state index in [1.165, 1.54) is 0 Å². The van der Waals surface area contributed by atoms with E-state index in [1.54, 1.807) is 6.92 Å². The molecule has 74 valence electrons. The van der Waals surface area contributed by atoms with E-state index in [9.17, 15) is 13.0 Å². The molecule has 0 spiro atoms. The van der Waals surface area contributed by atoms with Gasteiger partial charge in [0.25, 0.3) is 0 Å². The third kappa shape index (κ3) is 8.70. The van der Waals surface area contributed by atoms with Crippen molar-refractivity contribution in [2.45, 2.75) is 38.4 Å². The van der Waals surface area contributed by atoms with E-state index in [-0.39, 0.29) is 57.8 Å². The number of hydrogen-bond acceptors (Lipinski definition) is 4. The second kappa shape index (κ2) is 6.34. The minimum absolute atomic E-state index is 0. The van der Waals surface area contributed by atoms with Gasteiger partial charge in [-0.05, 0) is 26.1 Å². The Morgan fingerprint density at radius 2 is 1.77 bits per heavy atom. The molecule has 0 aromatic carbocycles. The topological polar surface area (TPSA) is 66.4 Å². The number of rotatable bonds is 4. The summed E-state index contributed by atoms with van der Waals surface area (Å²) in [5.41, 5.74) is -1.16. The first kappa shape index (κ1) is 17.1. The summed E-state index contributed by atoms with van der Waals surface area (Å²) in [5.74, 6) is 0. The summed E-state index contributed by atoms with van der Waals surface area (Å²) in [6.45, 7) is 7.17. The van der Waals surface area contributed by atoms with Crippen LogP contribution in [0.5, 0.6) is 0 Å². The molecule has 0 bridgehead atoms. The van der Waals surface area contributed by atoms with Gasteiger partial charge in [0.2, 0.25) is 0 Å². The number of hydrogen-bond donors (Lipinski definition) is 0. The zero-order chi connectivity index (χ0) is 9.99. The van der Waals surface area contributed by atoms with Gasteiger partial charge in [0.05, 0.1) is 0 Å². The van der Waals surface area contributed by atoms with Crippen LogP contribution in [0.4, 0.5) is 0 Å². The van der Waals surface area contributed by atoms with Crippen molar-refractivity contribution in [1.82, 2.24) is 0 Å². The van der Waals surface area contributed by atoms with Gasteiger partial charge in [0, 0.05) is 0 Å². The van der Waals surface area contributed by atoms with Crippen LogP contribution in [0.25, 0.3) is 0 Å². The summed E-state index contributed by atoms with van der Waals surface area (Å²) in [6.07, 6.45) is 0.218. The minimum atomic E-state index is -4.29. The average molecular weight is 250 g/mol. The Hall–Kier alpha value is 1.72. The largest absolute Gasteiger partial charge is 1.00 e. The van der Waals surface area contributed by atoms with Crippen LogP contribution < -0.4 is 51.4 Å². The molecule has 0 radical (unpaired) electrons. The summed E-state index contributed by atoms with van der Waals surface area (Å²) in [4.78, 5) is 0. The van der Waals surface area contributed by atoms with Gasteiger partial charge in [-0.2, -0.15) is 0 Å². The van der Waals surface area contributed by atoms with Crippen molar-refractivity contribution >= 4 is 18.4 Å². The molecule has 0 saturated heterocycles. The van der Waals surface area contributed by atoms with Crippen LogP contribution in [0.2, 0.25) is 19.6 Å². The second-order valence-corrected chi connectivity index (χ2v) is 9.53. The summed E-state index contributed by atoms with van der Waals surface area (Å²) >= 11 is 0. The zero-order valence-electron chi connectivity index (χ0n) is 8.83. The van der Waals surface area contributed by atoms with Crippen molar-refractivity contribution in [2.75, 3.05) is 0 Å². The fraction of sp³-hybridized carbons (Fsp3) is 1.00. The van der Waals surface area contributed by atoms with Gasteiger partial charge in [-0.3, -0.25) is 0 Å². The van der Waals surface area contributed by atoms with E-state index >= 15 is 0 Å². The van der Waals surface area contributed by atoms with E-state index in [2.05, 4.69) is 0 Å². The van der Waals surface area contributed by atoms with Crippen molar-refractivity contribution in [3.05, 3.63) is 0 Å². The summed E-state index contributed by atoms with van der Waals surface area (Å²) < 4.78 is 36.9. The molecule has 0 aliphatic carbocycles. The van der Waals surface area contributed by atoms with E-state index in [0.29, 0.717) is 0 Å². The molecule has 13 heavy (non-hydrogen) atoms. The fourth-order valence-electron chi connectivity index (χ4n) is 0.741. The maximum atomic E-state index is 10.6. The third-order valence-corrected chi connectivity index (χ3v) is 3.38. The van der Waals surface area contributed by atoms with Crippen molar-refractivity contribution in [2.24, 2.45) is 0 Å². The fourth-order valence-corrected chi connectivity index (χ4v) is 3.44. The smallest absolute Gasteiger partial charge is 0.746 e. The van der Waals surface area contributed by atoms with Crippen LogP contribution in [0.3, 0.4) is 0 Å². The Morgan fingerprint density at radius 1 is 1.38 bits per heavy atom. The molecule has 0 amide bonds. The molecule has 0 saturated carbocycles. The molecular formula is C6H15KO4SSi. The molecule has 0 fully saturated rings. The van der Waals surface area contributed by atoms with Crippen LogP contribution >= 0.6 is 0 Å². The molecular weight excluding hydrogens is 235 g/mol. The van der Waals surface area contributed by atoms with Crippen LogP contribution in [-0.2, 0) is 14.5 Å². The van der Waals surface area contributed by atoms with E-state index in [1.807, 2.05) is 19.6 Å². The third-order valence-electron chi connectivity index (χ3n) is 1.14. The van der Waals surface area contributed by atoms with Gasteiger partial charge in [-0.25, -0.2) is 8.42 Å². The van der Waals surface area contributed by atoms with Gasteiger partial charge in [0.1, 0.15) is 15.6 Å². The molecule has 7 heteroatoms. The first-order chi connectivity index (χ1) is 5.17. The van der Waals surface area contributed by atoms with Crippen LogP contribution in [0.15, 0.2) is 0 Å². The van der Waals surface area contributed by atoms with Gasteiger partial charge in [-0.1, -0.05) is 6.92 Å². The second-order valence-electron chi connectivity index (χ2n) is 3.56. The molecule has 1 atom stereocenters. The molecule has 0 aromatic heterocycles. The maximum absolute atomic E-state index is 10.6. The molecule has 0 N–H and O–H groups in total. The Morgan fingerprint density at radius 3 is 1.85 bits per heavy atom. The summed E-state index contributed by atoms with van der Waals surface area (Å²) in [6, 6.07) is 0. The van der Waals surface area contributed by atoms with E-state index < -0.39 is 23.9 Å². The van der Waals surface area contributed by atoms with Crippen LogP contribution in [-0.4, -0.2) is 26.7 Å². The minimum Gasteiger partial charge on any atom is -0.746 e. The Balaban J connectivity index is 0. The monoisotopic (exact) mass is 250 g/mol. The van der Waals surface area contributed by atoms with Crippen LogP contribution in [0, 0.1) is 0 Å². The Bertz CT molecular complexity index is 234. The predicted octanol–water partition coefficient (Wildman–Crippen LogP) is -1.88. The van der Waals surface area contributed by atoms with Crippen LogP contribution in [0.1, 0.15) is 13.3 Å². The predicted molar refractivity (Wildman–Crippen MR) is 48.2 cm³/mol. The quantitative estimate of drug-likeness (QED) is 0.433. The van der Waals surface area contributed by atoms with E-state index in [4.69, 9.17) is 4.43 Å². The van der Waals surface area contributed by atoms with Crippen molar-refractivity contribution < 1.29 is 68.8 Å². The zero-order valence-corrected chi connectivity index (χ0v) is 13.8. The van der Waals surface area contributed by atoms with E-state index in [0.717, 1.165) is 0 Å². The summed E-state index contributed by atoms with van der Waals surface area (Å²) in [5, 5.41) is 0. The van der Waals surface area contributed by atoms with Gasteiger partial charge < -0.3 is 8.98 Å². The first-order valence-electron chi connectivity index (χ1n) is 3.79. The molecule has 1 unspecified atom stereocenters. The standard InChI is InChI=1S/C6H16O4SSi.K/c1-5-6(11(7,8)9)10-12(2,3)4;/h6H,5H2,1-4H3,(H,7,8,9);/q;+1/p-1. The van der Waals surface area contributed by atoms with Gasteiger partial charge in [-0.15, -0.1) is 0 Å². The van der Waals surface area contributed by atoms with Crippen molar-refractivity contribution in [1.29, 1.82) is 0 Å². The maximum Gasteiger partial charge on any atom is 1.00 e. The molecule has 0 rings (SSSR count). The molecule has 0 heterocycles. The first-order valence-corrected chi connectivity index (χ1v) is 8.67. The van der Waals surface area contributed by atoms with Gasteiger partial charge >= 0.3 is 51.4 Å². The van der Waals surface area contributed by atoms with Crippen molar-refractivity contribution in [3.63, 3.8) is 0 Å².